The topological polar surface area (TPSA) is 38.9 Å². The van der Waals surface area contributed by atoms with E-state index in [2.05, 4.69) is 48.1 Å². The second-order valence-corrected chi connectivity index (χ2v) is 6.37. The van der Waals surface area contributed by atoms with Crippen LogP contribution in [-0.4, -0.2) is 9.97 Å². The summed E-state index contributed by atoms with van der Waals surface area (Å²) < 4.78 is 5.59. The zero-order valence-electron chi connectivity index (χ0n) is 12.7. The first-order chi connectivity index (χ1) is 10.7. The number of aromatic nitrogens is 2. The van der Waals surface area contributed by atoms with Gasteiger partial charge < -0.3 is 4.42 Å². The van der Waals surface area contributed by atoms with E-state index in [-0.39, 0.29) is 0 Å². The number of rotatable bonds is 5. The number of nitrogens with zero attached hydrogens (tertiary/aromatic N) is 2. The quantitative estimate of drug-likeness (QED) is 0.611. The van der Waals surface area contributed by atoms with E-state index in [1.54, 1.807) is 24.2 Å². The molecule has 22 heavy (non-hydrogen) atoms. The molecular formula is C18H18N2OS. The first kappa shape index (κ1) is 14.9. The summed E-state index contributed by atoms with van der Waals surface area (Å²) in [7, 11) is 0. The van der Waals surface area contributed by atoms with Crippen molar-refractivity contribution < 1.29 is 4.42 Å². The van der Waals surface area contributed by atoms with Crippen LogP contribution in [0.2, 0.25) is 0 Å². The van der Waals surface area contributed by atoms with E-state index in [4.69, 9.17) is 4.42 Å². The fraction of sp³-hybridized carbons (Fsp3) is 0.222. The fourth-order valence-electron chi connectivity index (χ4n) is 2.10. The summed E-state index contributed by atoms with van der Waals surface area (Å²) in [4.78, 5) is 8.84. The highest BCUT2D eigenvalue weighted by Gasteiger charge is 2.08. The largest absolute Gasteiger partial charge is 0.444 e. The van der Waals surface area contributed by atoms with Crippen molar-refractivity contribution in [3.63, 3.8) is 0 Å². The van der Waals surface area contributed by atoms with E-state index in [0.29, 0.717) is 11.8 Å². The Bertz CT molecular complexity index is 720. The van der Waals surface area contributed by atoms with E-state index >= 15 is 0 Å². The van der Waals surface area contributed by atoms with Gasteiger partial charge in [-0.3, -0.25) is 0 Å². The predicted molar refractivity (Wildman–Crippen MR) is 89.8 cm³/mol. The number of hydrogen-bond donors (Lipinski definition) is 0. The third kappa shape index (κ3) is 3.57. The molecule has 0 bridgehead atoms. The summed E-state index contributed by atoms with van der Waals surface area (Å²) in [5, 5.41) is 0.994. The van der Waals surface area contributed by atoms with Gasteiger partial charge in [-0.1, -0.05) is 43.8 Å². The lowest BCUT2D eigenvalue weighted by Gasteiger charge is -2.04. The monoisotopic (exact) mass is 310 g/mol. The molecule has 4 heteroatoms. The Labute approximate surface area is 134 Å². The fourth-order valence-corrected chi connectivity index (χ4v) is 2.84. The van der Waals surface area contributed by atoms with Crippen molar-refractivity contribution in [3.8, 4) is 11.5 Å². The molecular weight excluding hydrogens is 292 g/mol. The molecule has 112 valence electrons. The van der Waals surface area contributed by atoms with Gasteiger partial charge in [-0.05, 0) is 35.7 Å². The number of pyridine rings is 1. The molecule has 0 radical (unpaired) electrons. The lowest BCUT2D eigenvalue weighted by atomic mass is 10.0. The highest BCUT2D eigenvalue weighted by atomic mass is 32.2. The predicted octanol–water partition coefficient (Wildman–Crippen LogP) is 5.15. The van der Waals surface area contributed by atoms with Crippen molar-refractivity contribution in [2.24, 2.45) is 0 Å². The zero-order chi connectivity index (χ0) is 15.4. The highest BCUT2D eigenvalue weighted by molar-refractivity contribution is 7.98. The molecule has 2 heterocycles. The van der Waals surface area contributed by atoms with Gasteiger partial charge in [0.15, 0.2) is 0 Å². The average Bonchev–Trinajstić information content (AvgIpc) is 3.03. The average molecular weight is 310 g/mol. The third-order valence-corrected chi connectivity index (χ3v) is 4.36. The van der Waals surface area contributed by atoms with E-state index < -0.39 is 0 Å². The van der Waals surface area contributed by atoms with Crippen molar-refractivity contribution in [3.05, 3.63) is 66.2 Å². The van der Waals surface area contributed by atoms with Crippen molar-refractivity contribution in [2.75, 3.05) is 0 Å². The second-order valence-electron chi connectivity index (χ2n) is 5.38. The van der Waals surface area contributed by atoms with Crippen molar-refractivity contribution in [1.29, 1.82) is 0 Å². The van der Waals surface area contributed by atoms with Gasteiger partial charge in [-0.15, -0.1) is 0 Å². The van der Waals surface area contributed by atoms with E-state index in [0.717, 1.165) is 22.0 Å². The molecule has 1 aromatic carbocycles. The van der Waals surface area contributed by atoms with Gasteiger partial charge in [-0.25, -0.2) is 9.97 Å². The molecule has 0 aliphatic heterocycles. The Morgan fingerprint density at radius 2 is 1.91 bits per heavy atom. The summed E-state index contributed by atoms with van der Waals surface area (Å²) in [6.45, 7) is 4.38. The smallest absolute Gasteiger partial charge is 0.226 e. The minimum atomic E-state index is 0.531. The first-order valence-electron chi connectivity index (χ1n) is 7.31. The Balaban J connectivity index is 1.68. The number of benzene rings is 1. The number of hydrogen-bond acceptors (Lipinski definition) is 4. The molecule has 3 aromatic rings. The van der Waals surface area contributed by atoms with Gasteiger partial charge in [0.2, 0.25) is 5.89 Å². The van der Waals surface area contributed by atoms with Gasteiger partial charge in [0.25, 0.3) is 0 Å². The summed E-state index contributed by atoms with van der Waals surface area (Å²) in [5.41, 5.74) is 3.26. The molecule has 0 saturated heterocycles. The zero-order valence-corrected chi connectivity index (χ0v) is 13.5. The summed E-state index contributed by atoms with van der Waals surface area (Å²) in [6, 6.07) is 14.3. The Hall–Kier alpha value is -2.07. The maximum Gasteiger partial charge on any atom is 0.226 e. The van der Waals surface area contributed by atoms with Crippen molar-refractivity contribution in [2.45, 2.75) is 30.5 Å². The van der Waals surface area contributed by atoms with E-state index in [1.807, 2.05) is 18.2 Å². The Morgan fingerprint density at radius 1 is 1.09 bits per heavy atom. The first-order valence-corrected chi connectivity index (χ1v) is 8.29. The molecule has 0 aliphatic carbocycles. The van der Waals surface area contributed by atoms with Crippen LogP contribution in [0.1, 0.15) is 31.0 Å². The van der Waals surface area contributed by atoms with Crippen LogP contribution in [0.3, 0.4) is 0 Å². The van der Waals surface area contributed by atoms with Crippen LogP contribution in [0.15, 0.2) is 64.4 Å². The van der Waals surface area contributed by atoms with Gasteiger partial charge in [-0.2, -0.15) is 0 Å². The summed E-state index contributed by atoms with van der Waals surface area (Å²) in [6.07, 6.45) is 3.52. The van der Waals surface area contributed by atoms with Crippen LogP contribution in [0, 0.1) is 0 Å². The lowest BCUT2D eigenvalue weighted by molar-refractivity contribution is 0.573. The van der Waals surface area contributed by atoms with Crippen LogP contribution < -0.4 is 0 Å². The molecule has 3 nitrogen and oxygen atoms in total. The van der Waals surface area contributed by atoms with Gasteiger partial charge in [0, 0.05) is 17.5 Å². The van der Waals surface area contributed by atoms with E-state index in [1.165, 1.54) is 5.56 Å². The molecule has 0 fully saturated rings. The SMILES string of the molecule is CC(C)c1ccc(-c2nc(CSc3ccccn3)co2)cc1. The van der Waals surface area contributed by atoms with Gasteiger partial charge >= 0.3 is 0 Å². The Morgan fingerprint density at radius 3 is 2.59 bits per heavy atom. The van der Waals surface area contributed by atoms with Gasteiger partial charge in [0.1, 0.15) is 6.26 Å². The van der Waals surface area contributed by atoms with Gasteiger partial charge in [0.05, 0.1) is 10.7 Å². The lowest BCUT2D eigenvalue weighted by Crippen LogP contribution is -1.87. The molecule has 3 rings (SSSR count). The van der Waals surface area contributed by atoms with Crippen LogP contribution in [0.25, 0.3) is 11.5 Å². The minimum absolute atomic E-state index is 0.531. The number of oxazole rings is 1. The molecule has 0 saturated carbocycles. The normalized spacial score (nSPS) is 11.0. The molecule has 2 aromatic heterocycles. The molecule has 0 amide bonds. The van der Waals surface area contributed by atoms with Crippen LogP contribution >= 0.6 is 11.8 Å². The standard InChI is InChI=1S/C18H18N2OS/c1-13(2)14-6-8-15(9-7-14)18-20-16(11-21-18)12-22-17-5-3-4-10-19-17/h3-11,13H,12H2,1-2H3. The maximum absolute atomic E-state index is 5.59. The van der Waals surface area contributed by atoms with Crippen LogP contribution in [0.5, 0.6) is 0 Å². The second kappa shape index (κ2) is 6.79. The number of thioether (sulfide) groups is 1. The maximum atomic E-state index is 5.59. The van der Waals surface area contributed by atoms with Crippen molar-refractivity contribution >= 4 is 11.8 Å². The molecule has 0 aliphatic rings. The summed E-state index contributed by atoms with van der Waals surface area (Å²) in [5.74, 6) is 1.96. The van der Waals surface area contributed by atoms with E-state index in [9.17, 15) is 0 Å². The third-order valence-electron chi connectivity index (χ3n) is 3.38. The molecule has 0 spiro atoms. The molecule has 0 unspecified atom stereocenters. The van der Waals surface area contributed by atoms with Crippen molar-refractivity contribution in [1.82, 2.24) is 9.97 Å². The van der Waals surface area contributed by atoms with Crippen LogP contribution in [-0.2, 0) is 5.75 Å². The summed E-state index contributed by atoms with van der Waals surface area (Å²) >= 11 is 1.65. The Kier molecular flexibility index (Phi) is 4.59. The highest BCUT2D eigenvalue weighted by Crippen LogP contribution is 2.25. The minimum Gasteiger partial charge on any atom is -0.444 e. The molecule has 0 N–H and O–H groups in total. The van der Waals surface area contributed by atoms with Crippen LogP contribution in [0.4, 0.5) is 0 Å². The molecule has 0 atom stereocenters.